The van der Waals surface area contributed by atoms with Gasteiger partial charge in [0.15, 0.2) is 10.8 Å². The van der Waals surface area contributed by atoms with Crippen LogP contribution in [0.25, 0.3) is 5.65 Å². The molecule has 0 aliphatic heterocycles. The first kappa shape index (κ1) is 21.4. The number of nitrogens with zero attached hydrogens (tertiary/aromatic N) is 3. The number of hydrogen-bond donors (Lipinski definition) is 2. The topological polar surface area (TPSA) is 101 Å². The molecule has 2 atom stereocenters. The number of methoxy groups -OCH3 is 1. The van der Waals surface area contributed by atoms with E-state index in [1.54, 1.807) is 0 Å². The molecule has 0 saturated heterocycles. The zero-order valence-electron chi connectivity index (χ0n) is 16.0. The van der Waals surface area contributed by atoms with E-state index in [0.717, 1.165) is 11.4 Å². The molecule has 3 heterocycles. The Balaban J connectivity index is 1.78. The summed E-state index contributed by atoms with van der Waals surface area (Å²) in [7, 11) is 1.25. The van der Waals surface area contributed by atoms with E-state index in [0.29, 0.717) is 0 Å². The number of carbonyl (C=O) groups excluding carboxylic acids is 1. The molecule has 0 aromatic carbocycles. The van der Waals surface area contributed by atoms with Crippen LogP contribution in [0.4, 0.5) is 19.0 Å². The molecule has 164 valence electrons. The Kier molecular flexibility index (Phi) is 4.93. The van der Waals surface area contributed by atoms with E-state index in [1.807, 2.05) is 0 Å². The number of rotatable bonds is 3. The molecule has 0 radical (unpaired) electrons. The number of fused-ring (bicyclic) bond motifs is 3. The minimum atomic E-state index is -4.68. The number of aromatic nitrogens is 4. The standard InChI is InChI=1S/C18H14Cl2F3N5O3/c1-17(18(21,22)23)5-7(8-6-24-12-4-10(20)27-28(12)14(8)17)15(29)25-11-3-9(19)13(31-2)16(30)26-11/h3-4,6-7H,5H2,1-2H3,(H2,25,26,29,30)/t7?,17-/m1/s1. The van der Waals surface area contributed by atoms with Gasteiger partial charge in [0.1, 0.15) is 11.2 Å². The van der Waals surface area contributed by atoms with Crippen molar-refractivity contribution in [1.29, 1.82) is 0 Å². The van der Waals surface area contributed by atoms with Crippen LogP contribution in [0, 0.1) is 0 Å². The van der Waals surface area contributed by atoms with Crippen molar-refractivity contribution in [3.63, 3.8) is 0 Å². The number of anilines is 1. The van der Waals surface area contributed by atoms with Gasteiger partial charge >= 0.3 is 6.18 Å². The number of pyridine rings is 1. The summed E-state index contributed by atoms with van der Waals surface area (Å²) in [6.45, 7) is 1.00. The minimum Gasteiger partial charge on any atom is -0.490 e. The van der Waals surface area contributed by atoms with Crippen molar-refractivity contribution in [2.75, 3.05) is 12.4 Å². The fraction of sp³-hybridized carbons (Fsp3) is 0.333. The zero-order chi connectivity index (χ0) is 22.7. The van der Waals surface area contributed by atoms with Crippen molar-refractivity contribution < 1.29 is 22.7 Å². The molecule has 1 amide bonds. The number of H-pyrrole nitrogens is 1. The molecule has 4 rings (SSSR count). The van der Waals surface area contributed by atoms with E-state index in [1.165, 1.54) is 25.4 Å². The van der Waals surface area contributed by atoms with Crippen molar-refractivity contribution >= 4 is 40.6 Å². The molecule has 1 aliphatic rings. The van der Waals surface area contributed by atoms with Gasteiger partial charge in [0, 0.05) is 23.9 Å². The van der Waals surface area contributed by atoms with Crippen LogP contribution in [0.5, 0.6) is 5.75 Å². The van der Waals surface area contributed by atoms with Crippen LogP contribution in [0.2, 0.25) is 10.2 Å². The fourth-order valence-corrected chi connectivity index (χ4v) is 4.26. The molecule has 1 aliphatic carbocycles. The summed E-state index contributed by atoms with van der Waals surface area (Å²) in [6, 6.07) is 2.56. The van der Waals surface area contributed by atoms with Crippen molar-refractivity contribution in [3.05, 3.63) is 50.1 Å². The van der Waals surface area contributed by atoms with Crippen molar-refractivity contribution in [1.82, 2.24) is 19.6 Å². The normalized spacial score (nSPS) is 20.7. The second kappa shape index (κ2) is 7.13. The van der Waals surface area contributed by atoms with Gasteiger partial charge in [0.25, 0.3) is 5.56 Å². The minimum absolute atomic E-state index is 0.0243. The summed E-state index contributed by atoms with van der Waals surface area (Å²) < 4.78 is 48.2. The van der Waals surface area contributed by atoms with Crippen molar-refractivity contribution in [3.8, 4) is 5.75 Å². The first-order valence-electron chi connectivity index (χ1n) is 8.85. The lowest BCUT2D eigenvalue weighted by atomic mass is 9.85. The number of nitrogens with one attached hydrogen (secondary N) is 2. The summed E-state index contributed by atoms with van der Waals surface area (Å²) in [5.41, 5.74) is -3.10. The van der Waals surface area contributed by atoms with Gasteiger partial charge in [0.2, 0.25) is 11.7 Å². The van der Waals surface area contributed by atoms with Crippen LogP contribution in [0.3, 0.4) is 0 Å². The maximum Gasteiger partial charge on any atom is 0.399 e. The zero-order valence-corrected chi connectivity index (χ0v) is 17.5. The number of alkyl halides is 3. The average molecular weight is 476 g/mol. The van der Waals surface area contributed by atoms with E-state index in [2.05, 4.69) is 20.4 Å². The highest BCUT2D eigenvalue weighted by Gasteiger charge is 2.60. The van der Waals surface area contributed by atoms with E-state index in [9.17, 15) is 22.8 Å². The summed E-state index contributed by atoms with van der Waals surface area (Å²) in [5, 5.41) is 6.25. The van der Waals surface area contributed by atoms with Crippen LogP contribution in [0.15, 0.2) is 23.1 Å². The number of ether oxygens (including phenoxy) is 1. The monoisotopic (exact) mass is 475 g/mol. The van der Waals surface area contributed by atoms with Gasteiger partial charge in [-0.3, -0.25) is 9.59 Å². The predicted octanol–water partition coefficient (Wildman–Crippen LogP) is 3.68. The van der Waals surface area contributed by atoms with E-state index >= 15 is 0 Å². The van der Waals surface area contributed by atoms with Crippen LogP contribution in [0.1, 0.15) is 30.5 Å². The number of hydrogen-bond acceptors (Lipinski definition) is 5. The predicted molar refractivity (Wildman–Crippen MR) is 106 cm³/mol. The maximum atomic E-state index is 14.1. The number of amides is 1. The van der Waals surface area contributed by atoms with Crippen molar-refractivity contribution in [2.45, 2.75) is 30.9 Å². The van der Waals surface area contributed by atoms with Gasteiger partial charge in [-0.05, 0) is 13.3 Å². The van der Waals surface area contributed by atoms with Gasteiger partial charge < -0.3 is 15.0 Å². The summed E-state index contributed by atoms with van der Waals surface area (Å²) in [4.78, 5) is 31.4. The van der Waals surface area contributed by atoms with Crippen LogP contribution in [-0.2, 0) is 10.2 Å². The average Bonchev–Trinajstić information content (AvgIpc) is 3.18. The molecular weight excluding hydrogens is 462 g/mol. The Morgan fingerprint density at radius 1 is 1.39 bits per heavy atom. The Labute approximate surface area is 182 Å². The van der Waals surface area contributed by atoms with Crippen LogP contribution >= 0.6 is 23.2 Å². The molecular formula is C18H14Cl2F3N5O3. The third-order valence-electron chi connectivity index (χ3n) is 5.34. The van der Waals surface area contributed by atoms with Crippen molar-refractivity contribution in [2.24, 2.45) is 0 Å². The van der Waals surface area contributed by atoms with Crippen LogP contribution in [-0.4, -0.2) is 38.8 Å². The Bertz CT molecular complexity index is 1270. The first-order chi connectivity index (χ1) is 14.5. The quantitative estimate of drug-likeness (QED) is 0.601. The maximum absolute atomic E-state index is 14.1. The highest BCUT2D eigenvalue weighted by Crippen LogP contribution is 2.54. The molecule has 8 nitrogen and oxygen atoms in total. The Morgan fingerprint density at radius 2 is 2.10 bits per heavy atom. The number of carbonyl (C=O) groups is 1. The van der Waals surface area contributed by atoms with E-state index in [4.69, 9.17) is 27.9 Å². The molecule has 0 bridgehead atoms. The lowest BCUT2D eigenvalue weighted by Gasteiger charge is -2.28. The summed E-state index contributed by atoms with van der Waals surface area (Å²) >= 11 is 11.8. The Hall–Kier alpha value is -2.79. The van der Waals surface area contributed by atoms with Gasteiger partial charge in [-0.15, -0.1) is 0 Å². The third kappa shape index (κ3) is 3.32. The fourth-order valence-electron chi connectivity index (χ4n) is 3.82. The Morgan fingerprint density at radius 3 is 2.71 bits per heavy atom. The summed E-state index contributed by atoms with van der Waals surface area (Å²) in [5.74, 6) is -2.23. The SMILES string of the molecule is COc1c(Cl)cc(NC(=O)C2C[C@@](C)(C(F)(F)F)c3c2cnc2cc(Cl)nn32)[nH]c1=O. The second-order valence-corrected chi connectivity index (χ2v) is 8.06. The largest absolute Gasteiger partial charge is 0.490 e. The molecule has 3 aromatic rings. The second-order valence-electron chi connectivity index (χ2n) is 7.27. The van der Waals surface area contributed by atoms with Gasteiger partial charge in [0.05, 0.1) is 23.7 Å². The highest BCUT2D eigenvalue weighted by atomic mass is 35.5. The first-order valence-corrected chi connectivity index (χ1v) is 9.61. The molecule has 3 aromatic heterocycles. The van der Waals surface area contributed by atoms with E-state index < -0.39 is 35.4 Å². The third-order valence-corrected chi connectivity index (χ3v) is 5.80. The smallest absolute Gasteiger partial charge is 0.399 e. The van der Waals surface area contributed by atoms with Gasteiger partial charge in [-0.2, -0.15) is 18.3 Å². The molecule has 0 fully saturated rings. The highest BCUT2D eigenvalue weighted by molar-refractivity contribution is 6.32. The number of aromatic amines is 1. The van der Waals surface area contributed by atoms with E-state index in [-0.39, 0.29) is 38.6 Å². The molecule has 0 saturated carbocycles. The molecule has 31 heavy (non-hydrogen) atoms. The van der Waals surface area contributed by atoms with Gasteiger partial charge in [-0.1, -0.05) is 23.2 Å². The lowest BCUT2D eigenvalue weighted by molar-refractivity contribution is -0.187. The molecule has 1 unspecified atom stereocenters. The molecule has 0 spiro atoms. The van der Waals surface area contributed by atoms with Gasteiger partial charge in [-0.25, -0.2) is 9.50 Å². The molecule has 13 heteroatoms. The lowest BCUT2D eigenvalue weighted by Crippen LogP contribution is -2.39. The van der Waals surface area contributed by atoms with Crippen LogP contribution < -0.4 is 15.6 Å². The molecule has 2 N–H and O–H groups in total. The summed E-state index contributed by atoms with van der Waals surface area (Å²) in [6.07, 6.45) is -4.04. The number of halogens is 5.